The van der Waals surface area contributed by atoms with Gasteiger partial charge in [-0.15, -0.1) is 5.10 Å². The fourth-order valence-corrected chi connectivity index (χ4v) is 3.62. The lowest BCUT2D eigenvalue weighted by molar-refractivity contribution is 0.117. The van der Waals surface area contributed by atoms with Crippen molar-refractivity contribution >= 4 is 75.8 Å². The Bertz CT molecular complexity index is 1190. The molecule has 0 aliphatic heterocycles. The molecule has 2 aromatic carbocycles. The second kappa shape index (κ2) is 5.78. The van der Waals surface area contributed by atoms with E-state index < -0.39 is 36.3 Å². The van der Waals surface area contributed by atoms with Gasteiger partial charge < -0.3 is 0 Å². The summed E-state index contributed by atoms with van der Waals surface area (Å²) in [5.74, 6) is -1.41. The van der Waals surface area contributed by atoms with Crippen LogP contribution in [-0.2, 0) is 3.93 Å². The van der Waals surface area contributed by atoms with E-state index in [1.165, 1.54) is 10.6 Å². The summed E-state index contributed by atoms with van der Waals surface area (Å²) in [6.07, 6.45) is 0. The van der Waals surface area contributed by atoms with Crippen LogP contribution in [0.25, 0.3) is 27.3 Å². The van der Waals surface area contributed by atoms with Crippen molar-refractivity contribution in [3.63, 3.8) is 0 Å². The number of pyridine rings is 1. The van der Waals surface area contributed by atoms with Crippen LogP contribution < -0.4 is 0 Å². The van der Waals surface area contributed by atoms with Gasteiger partial charge in [0.25, 0.3) is 0 Å². The highest BCUT2D eigenvalue weighted by molar-refractivity contribution is 14.2. The van der Waals surface area contributed by atoms with Crippen LogP contribution in [0, 0.1) is 5.82 Å². The first-order chi connectivity index (χ1) is 11.8. The average molecular weight is 496 g/mol. The molecule has 0 aliphatic rings. The molecule has 2 aromatic heterocycles. The van der Waals surface area contributed by atoms with Crippen molar-refractivity contribution in [1.82, 2.24) is 14.6 Å². The maximum atomic E-state index is 14.7. The lowest BCUT2D eigenvalue weighted by Crippen LogP contribution is -2.06. The zero-order chi connectivity index (χ0) is 17.9. The molecule has 0 saturated heterocycles. The molecule has 2 heterocycles. The van der Waals surface area contributed by atoms with Gasteiger partial charge in [-0.05, 0) is 50.4 Å². The van der Waals surface area contributed by atoms with Gasteiger partial charge in [-0.25, -0.2) is 13.9 Å². The van der Waals surface area contributed by atoms with Crippen LogP contribution in [0.1, 0.15) is 5.82 Å². The number of aromatic nitrogens is 3. The third kappa shape index (κ3) is 2.51. The number of hydrogen-bond donors (Lipinski definition) is 0. The van der Waals surface area contributed by atoms with E-state index in [9.17, 15) is 13.2 Å². The van der Waals surface area contributed by atoms with Gasteiger partial charge >= 0.3 is 3.93 Å². The molecule has 0 unspecified atom stereocenters. The van der Waals surface area contributed by atoms with E-state index in [0.29, 0.717) is 21.3 Å². The second-order valence-corrected chi connectivity index (χ2v) is 8.21. The number of hydrogen-bond acceptors (Lipinski definition) is 2. The second-order valence-electron chi connectivity index (χ2n) is 5.25. The van der Waals surface area contributed by atoms with Crippen molar-refractivity contribution < 1.29 is 13.2 Å². The summed E-state index contributed by atoms with van der Waals surface area (Å²) >= 11 is 10.2. The summed E-state index contributed by atoms with van der Waals surface area (Å²) < 4.78 is 44.2. The molecule has 0 N–H and O–H groups in total. The Morgan fingerprint density at radius 3 is 2.60 bits per heavy atom. The van der Waals surface area contributed by atoms with Gasteiger partial charge in [0.1, 0.15) is 0 Å². The van der Waals surface area contributed by atoms with Gasteiger partial charge in [0.15, 0.2) is 11.5 Å². The van der Waals surface area contributed by atoms with Crippen molar-refractivity contribution in [1.29, 1.82) is 0 Å². The van der Waals surface area contributed by atoms with E-state index in [1.54, 1.807) is 24.3 Å². The minimum absolute atomic E-state index is 0.0167. The van der Waals surface area contributed by atoms with Gasteiger partial charge in [0.05, 0.1) is 15.9 Å². The van der Waals surface area contributed by atoms with Crippen molar-refractivity contribution in [2.24, 2.45) is 0 Å². The first-order valence-corrected chi connectivity index (χ1v) is 10.2. The fourth-order valence-electron chi connectivity index (χ4n) is 2.72. The van der Waals surface area contributed by atoms with Crippen molar-refractivity contribution in [2.75, 3.05) is 0 Å². The molecule has 0 amide bonds. The van der Waals surface area contributed by atoms with Crippen LogP contribution in [-0.4, -0.2) is 19.1 Å². The first kappa shape index (κ1) is 17.0. The van der Waals surface area contributed by atoms with Gasteiger partial charge in [0.2, 0.25) is 5.82 Å². The molecule has 4 rings (SSSR count). The van der Waals surface area contributed by atoms with Crippen molar-refractivity contribution in [3.8, 4) is 0 Å². The van der Waals surface area contributed by atoms with E-state index in [0.717, 1.165) is 0 Å². The van der Waals surface area contributed by atoms with Gasteiger partial charge in [0, 0.05) is 10.4 Å². The molecule has 0 spiro atoms. The van der Waals surface area contributed by atoms with Gasteiger partial charge in [-0.2, -0.15) is 8.78 Å². The normalized spacial score (nSPS) is 12.5. The SMILES string of the molecule is C=IC(F)(F)c1nc2c3c(F)c(Cl)ccc3c3cc(Cl)ccc3n2n1. The number of halogens is 6. The molecule has 0 bridgehead atoms. The number of fused-ring (bicyclic) bond motifs is 6. The van der Waals surface area contributed by atoms with E-state index in [1.807, 2.05) is 0 Å². The van der Waals surface area contributed by atoms with Gasteiger partial charge in [-0.3, -0.25) is 0 Å². The van der Waals surface area contributed by atoms with Crippen LogP contribution >= 0.6 is 43.9 Å². The summed E-state index contributed by atoms with van der Waals surface area (Å²) in [6.45, 7) is 0. The number of alkyl halides is 3. The van der Waals surface area contributed by atoms with Crippen LogP contribution in [0.2, 0.25) is 10.0 Å². The highest BCUT2D eigenvalue weighted by atomic mass is 127. The van der Waals surface area contributed by atoms with Gasteiger partial charge in [-0.1, -0.05) is 33.8 Å². The Labute approximate surface area is 159 Å². The largest absolute Gasteiger partial charge is 0.351 e. The molecule has 25 heavy (non-hydrogen) atoms. The minimum atomic E-state index is -3.22. The molecule has 3 nitrogen and oxygen atoms in total. The Kier molecular flexibility index (Phi) is 3.93. The highest BCUT2D eigenvalue weighted by Crippen LogP contribution is 2.39. The number of benzene rings is 2. The monoisotopic (exact) mass is 495 g/mol. The summed E-state index contributed by atoms with van der Waals surface area (Å²) in [6, 6.07) is 7.88. The maximum absolute atomic E-state index is 14.7. The number of rotatable bonds is 2. The average Bonchev–Trinajstić information content (AvgIpc) is 3.03. The van der Waals surface area contributed by atoms with Crippen molar-refractivity contribution in [3.05, 3.63) is 52.0 Å². The summed E-state index contributed by atoms with van der Waals surface area (Å²) in [7, 11) is 0. The van der Waals surface area contributed by atoms with Crippen LogP contribution in [0.15, 0.2) is 30.3 Å². The summed E-state index contributed by atoms with van der Waals surface area (Å²) in [5.41, 5.74) is 0.474. The van der Waals surface area contributed by atoms with Crippen molar-refractivity contribution in [2.45, 2.75) is 3.93 Å². The predicted octanol–water partition coefficient (Wildman–Crippen LogP) is 5.93. The topological polar surface area (TPSA) is 30.2 Å². The Hall–Kier alpha value is -1.45. The van der Waals surface area contributed by atoms with E-state index >= 15 is 0 Å². The molecule has 0 aliphatic carbocycles. The molecular weight excluding hydrogens is 489 g/mol. The predicted molar refractivity (Wildman–Crippen MR) is 103 cm³/mol. The number of nitrogens with zero attached hydrogens (tertiary/aromatic N) is 3. The first-order valence-electron chi connectivity index (χ1n) is 6.87. The lowest BCUT2D eigenvalue weighted by Gasteiger charge is -2.08. The highest BCUT2D eigenvalue weighted by Gasteiger charge is 2.34. The smallest absolute Gasteiger partial charge is 0.212 e. The fraction of sp³-hybridized carbons (Fsp3) is 0.0625. The minimum Gasteiger partial charge on any atom is -0.212 e. The Balaban J connectivity index is 2.31. The zero-order valence-electron chi connectivity index (χ0n) is 12.2. The molecule has 0 atom stereocenters. The van der Waals surface area contributed by atoms with Crippen LogP contribution in [0.4, 0.5) is 13.2 Å². The molecule has 0 radical (unpaired) electrons. The molecule has 128 valence electrons. The van der Waals surface area contributed by atoms with E-state index in [-0.39, 0.29) is 16.1 Å². The molecular formula is C16H7Cl2F3IN3. The molecule has 4 aromatic rings. The maximum Gasteiger partial charge on any atom is 0.351 e. The quantitative estimate of drug-likeness (QED) is 0.196. The van der Waals surface area contributed by atoms with E-state index in [4.69, 9.17) is 23.2 Å². The standard InChI is InChI=1S/C16H7Cl2F3IN3/c1-22-16(20,21)15-23-14-12-8(3-4-10(18)13(12)19)9-6-7(17)2-5-11(9)25(14)24-15/h2-6H,1H2. The summed E-state index contributed by atoms with van der Waals surface area (Å²) in [4.78, 5) is 3.92. The molecule has 9 heteroatoms. The molecule has 0 saturated carbocycles. The third-order valence-corrected chi connectivity index (χ3v) is 5.79. The third-order valence-electron chi connectivity index (χ3n) is 3.82. The Morgan fingerprint density at radius 2 is 1.88 bits per heavy atom. The summed E-state index contributed by atoms with van der Waals surface area (Å²) in [5, 5.41) is 5.29. The lowest BCUT2D eigenvalue weighted by atomic mass is 10.1. The Morgan fingerprint density at radius 1 is 1.12 bits per heavy atom. The zero-order valence-corrected chi connectivity index (χ0v) is 15.9. The van der Waals surface area contributed by atoms with Crippen LogP contribution in [0.5, 0.6) is 0 Å². The van der Waals surface area contributed by atoms with E-state index in [2.05, 4.69) is 14.6 Å². The molecule has 0 fully saturated rings. The van der Waals surface area contributed by atoms with Crippen LogP contribution in [0.3, 0.4) is 0 Å².